The van der Waals surface area contributed by atoms with Crippen LogP contribution in [0.4, 0.5) is 11.8 Å². The van der Waals surface area contributed by atoms with Crippen molar-refractivity contribution in [3.63, 3.8) is 0 Å². The predicted molar refractivity (Wildman–Crippen MR) is 96.3 cm³/mol. The highest BCUT2D eigenvalue weighted by atomic mass is 16.5. The molecule has 0 N–H and O–H groups in total. The lowest BCUT2D eigenvalue weighted by molar-refractivity contribution is 0.122. The molecule has 0 saturated carbocycles. The second-order valence-electron chi connectivity index (χ2n) is 6.77. The summed E-state index contributed by atoms with van der Waals surface area (Å²) < 4.78 is 10.7. The Bertz CT molecular complexity index is 736. The zero-order chi connectivity index (χ0) is 17.9. The van der Waals surface area contributed by atoms with Crippen LogP contribution in [0.3, 0.4) is 0 Å². The molecule has 9 nitrogen and oxygen atoms in total. The molecule has 4 rings (SSSR count). The van der Waals surface area contributed by atoms with Crippen molar-refractivity contribution in [2.75, 3.05) is 62.3 Å². The molecule has 0 atom stereocenters. The van der Waals surface area contributed by atoms with Gasteiger partial charge in [-0.25, -0.2) is 4.98 Å². The molecule has 0 radical (unpaired) electrons. The van der Waals surface area contributed by atoms with Crippen molar-refractivity contribution in [3.05, 3.63) is 23.5 Å². The molecule has 2 fully saturated rings. The van der Waals surface area contributed by atoms with E-state index in [1.54, 1.807) is 0 Å². The highest BCUT2D eigenvalue weighted by Gasteiger charge is 2.22. The molecule has 4 heterocycles. The summed E-state index contributed by atoms with van der Waals surface area (Å²) in [5.41, 5.74) is 1.00. The van der Waals surface area contributed by atoms with Gasteiger partial charge in [-0.3, -0.25) is 4.90 Å². The lowest BCUT2D eigenvalue weighted by Gasteiger charge is -2.35. The molecular weight excluding hydrogens is 334 g/mol. The van der Waals surface area contributed by atoms with Crippen molar-refractivity contribution in [2.24, 2.45) is 0 Å². The van der Waals surface area contributed by atoms with E-state index in [0.29, 0.717) is 18.3 Å². The Balaban J connectivity index is 1.39. The number of rotatable bonds is 4. The monoisotopic (exact) mass is 359 g/mol. The molecule has 2 aromatic heterocycles. The zero-order valence-electron chi connectivity index (χ0n) is 15.4. The summed E-state index contributed by atoms with van der Waals surface area (Å²) in [6.45, 7) is 11.5. The molecule has 0 aromatic carbocycles. The van der Waals surface area contributed by atoms with Gasteiger partial charge in [0.15, 0.2) is 5.82 Å². The maximum absolute atomic E-state index is 5.44. The largest absolute Gasteiger partial charge is 0.378 e. The Morgan fingerprint density at radius 2 is 1.69 bits per heavy atom. The van der Waals surface area contributed by atoms with E-state index in [9.17, 15) is 0 Å². The number of hydrogen-bond acceptors (Lipinski definition) is 9. The van der Waals surface area contributed by atoms with Gasteiger partial charge in [-0.1, -0.05) is 5.16 Å². The number of anilines is 2. The van der Waals surface area contributed by atoms with Crippen LogP contribution in [0.5, 0.6) is 0 Å². The lowest BCUT2D eigenvalue weighted by Crippen LogP contribution is -2.46. The fourth-order valence-electron chi connectivity index (χ4n) is 3.33. The maximum atomic E-state index is 5.44. The van der Waals surface area contributed by atoms with E-state index in [2.05, 4.69) is 35.9 Å². The molecule has 0 aliphatic carbocycles. The van der Waals surface area contributed by atoms with Gasteiger partial charge in [-0.2, -0.15) is 9.97 Å². The maximum Gasteiger partial charge on any atom is 0.240 e. The molecule has 140 valence electrons. The van der Waals surface area contributed by atoms with E-state index < -0.39 is 0 Å². The molecule has 9 heteroatoms. The number of morpholine rings is 1. The summed E-state index contributed by atoms with van der Waals surface area (Å²) in [5.74, 6) is 3.18. The number of piperazine rings is 1. The zero-order valence-corrected chi connectivity index (χ0v) is 15.4. The Hall–Kier alpha value is -2.26. The minimum absolute atomic E-state index is 0.678. The first-order valence-electron chi connectivity index (χ1n) is 9.12. The average Bonchev–Trinajstić information content (AvgIpc) is 3.07. The van der Waals surface area contributed by atoms with E-state index in [0.717, 1.165) is 69.9 Å². The third-order valence-electron chi connectivity index (χ3n) is 4.75. The van der Waals surface area contributed by atoms with Gasteiger partial charge in [0.2, 0.25) is 11.8 Å². The van der Waals surface area contributed by atoms with Crippen LogP contribution in [0.25, 0.3) is 0 Å². The highest BCUT2D eigenvalue weighted by Crippen LogP contribution is 2.20. The summed E-state index contributed by atoms with van der Waals surface area (Å²) >= 11 is 0. The third-order valence-corrected chi connectivity index (χ3v) is 4.75. The molecule has 2 saturated heterocycles. The third kappa shape index (κ3) is 3.94. The predicted octanol–water partition coefficient (Wildman–Crippen LogP) is 0.635. The fraction of sp³-hybridized carbons (Fsp3) is 0.647. The summed E-state index contributed by atoms with van der Waals surface area (Å²) in [6.07, 6.45) is 0. The number of ether oxygens (including phenoxy) is 1. The average molecular weight is 359 g/mol. The topological polar surface area (TPSA) is 83.7 Å². The first kappa shape index (κ1) is 17.2. The van der Waals surface area contributed by atoms with Crippen molar-refractivity contribution >= 4 is 11.8 Å². The van der Waals surface area contributed by atoms with Crippen molar-refractivity contribution < 1.29 is 9.26 Å². The van der Waals surface area contributed by atoms with E-state index in [4.69, 9.17) is 14.2 Å². The summed E-state index contributed by atoms with van der Waals surface area (Å²) in [7, 11) is 0. The standard InChI is InChI=1S/C17H25N7O2/c1-13-11-15(23-7-9-25-10-8-23)20-17(18-13)24-5-3-22(4-6-24)12-16-19-14(2)21-26-16/h11H,3-10,12H2,1-2H3. The minimum atomic E-state index is 0.678. The first-order chi connectivity index (χ1) is 12.7. The minimum Gasteiger partial charge on any atom is -0.378 e. The molecule has 0 bridgehead atoms. The molecule has 0 amide bonds. The highest BCUT2D eigenvalue weighted by molar-refractivity contribution is 5.46. The van der Waals surface area contributed by atoms with Crippen molar-refractivity contribution in [2.45, 2.75) is 20.4 Å². The van der Waals surface area contributed by atoms with Crippen LogP contribution in [0.15, 0.2) is 10.6 Å². The quantitative estimate of drug-likeness (QED) is 0.780. The van der Waals surface area contributed by atoms with E-state index in [-0.39, 0.29) is 0 Å². The van der Waals surface area contributed by atoms with Gasteiger partial charge in [0.05, 0.1) is 19.8 Å². The van der Waals surface area contributed by atoms with E-state index in [1.807, 2.05) is 13.8 Å². The van der Waals surface area contributed by atoms with Crippen LogP contribution in [-0.2, 0) is 11.3 Å². The van der Waals surface area contributed by atoms with Crippen LogP contribution < -0.4 is 9.80 Å². The molecule has 2 aliphatic rings. The van der Waals surface area contributed by atoms with Crippen LogP contribution in [0, 0.1) is 13.8 Å². The van der Waals surface area contributed by atoms with Crippen molar-refractivity contribution in [1.82, 2.24) is 25.0 Å². The summed E-state index contributed by atoms with van der Waals surface area (Å²) in [4.78, 5) is 20.6. The van der Waals surface area contributed by atoms with Gasteiger partial charge in [-0.15, -0.1) is 0 Å². The molecule has 2 aromatic rings. The Labute approximate surface area is 153 Å². The fourth-order valence-corrected chi connectivity index (χ4v) is 3.33. The number of aryl methyl sites for hydroxylation is 2. The van der Waals surface area contributed by atoms with E-state index in [1.165, 1.54) is 0 Å². The lowest BCUT2D eigenvalue weighted by atomic mass is 10.3. The SMILES string of the molecule is Cc1cc(N2CCOCC2)nc(N2CCN(Cc3nc(C)no3)CC2)n1. The normalized spacial score (nSPS) is 19.2. The summed E-state index contributed by atoms with van der Waals surface area (Å²) in [6, 6.07) is 2.06. The van der Waals surface area contributed by atoms with Crippen molar-refractivity contribution in [3.8, 4) is 0 Å². The Morgan fingerprint density at radius 3 is 2.38 bits per heavy atom. The van der Waals surface area contributed by atoms with Crippen LogP contribution in [0.1, 0.15) is 17.4 Å². The number of nitrogens with zero attached hydrogens (tertiary/aromatic N) is 7. The van der Waals surface area contributed by atoms with Crippen molar-refractivity contribution in [1.29, 1.82) is 0 Å². The first-order valence-corrected chi connectivity index (χ1v) is 9.12. The van der Waals surface area contributed by atoms with Gasteiger partial charge < -0.3 is 19.1 Å². The van der Waals surface area contributed by atoms with Gasteiger partial charge in [0.1, 0.15) is 5.82 Å². The molecule has 0 spiro atoms. The van der Waals surface area contributed by atoms with Gasteiger partial charge >= 0.3 is 0 Å². The molecule has 26 heavy (non-hydrogen) atoms. The van der Waals surface area contributed by atoms with E-state index >= 15 is 0 Å². The smallest absolute Gasteiger partial charge is 0.240 e. The van der Waals surface area contributed by atoms with Crippen LogP contribution in [-0.4, -0.2) is 77.5 Å². The molecule has 2 aliphatic heterocycles. The van der Waals surface area contributed by atoms with Crippen LogP contribution >= 0.6 is 0 Å². The molecule has 0 unspecified atom stereocenters. The van der Waals surface area contributed by atoms with Gasteiger partial charge in [0.25, 0.3) is 0 Å². The molecular formula is C17H25N7O2. The number of hydrogen-bond donors (Lipinski definition) is 0. The second-order valence-corrected chi connectivity index (χ2v) is 6.77. The summed E-state index contributed by atoms with van der Waals surface area (Å²) in [5, 5.41) is 3.85. The van der Waals surface area contributed by atoms with Gasteiger partial charge in [0, 0.05) is 51.0 Å². The Morgan fingerprint density at radius 1 is 0.923 bits per heavy atom. The number of aromatic nitrogens is 4. The Kier molecular flexibility index (Phi) is 4.98. The second kappa shape index (κ2) is 7.55. The van der Waals surface area contributed by atoms with Crippen LogP contribution in [0.2, 0.25) is 0 Å². The van der Waals surface area contributed by atoms with Gasteiger partial charge in [-0.05, 0) is 13.8 Å².